The molecule has 0 saturated carbocycles. The Morgan fingerprint density at radius 3 is 2.26 bits per heavy atom. The summed E-state index contributed by atoms with van der Waals surface area (Å²) in [7, 11) is 1.63. The summed E-state index contributed by atoms with van der Waals surface area (Å²) in [6.45, 7) is 2.96. The van der Waals surface area contributed by atoms with Crippen molar-refractivity contribution >= 4 is 33.6 Å². The number of nitrogens with zero attached hydrogens (tertiary/aromatic N) is 1. The highest BCUT2D eigenvalue weighted by Gasteiger charge is 2.17. The van der Waals surface area contributed by atoms with Gasteiger partial charge in [-0.2, -0.15) is 0 Å². The topological polar surface area (TPSA) is 96.1 Å². The predicted octanol–water partition coefficient (Wildman–Crippen LogP) is 5.64. The number of hydrogen-bond acceptors (Lipinski definition) is 4. The Bertz CT molecular complexity index is 1610. The van der Waals surface area contributed by atoms with E-state index in [4.69, 9.17) is 9.72 Å². The Morgan fingerprint density at radius 2 is 1.53 bits per heavy atom. The number of carbonyl (C=O) groups excluding carboxylic acids is 2. The fraction of sp³-hybridized carbons (Fsp3) is 0.194. The Labute approximate surface area is 221 Å². The number of unbranched alkanes of at least 4 members (excludes halogenated alkanes) is 1. The summed E-state index contributed by atoms with van der Waals surface area (Å²) >= 11 is 0. The van der Waals surface area contributed by atoms with Gasteiger partial charge >= 0.3 is 0 Å². The van der Waals surface area contributed by atoms with Crippen molar-refractivity contribution in [2.24, 2.45) is 0 Å². The summed E-state index contributed by atoms with van der Waals surface area (Å²) in [5.74, 6) is 0.455. The van der Waals surface area contributed by atoms with Gasteiger partial charge in [-0.3, -0.25) is 9.59 Å². The molecule has 0 unspecified atom stereocenters. The van der Waals surface area contributed by atoms with Crippen LogP contribution < -0.4 is 15.4 Å². The second kappa shape index (κ2) is 11.2. The van der Waals surface area contributed by atoms with Crippen LogP contribution in [0.3, 0.4) is 0 Å². The number of aromatic amines is 1. The van der Waals surface area contributed by atoms with E-state index in [0.717, 1.165) is 51.5 Å². The third-order valence-corrected chi connectivity index (χ3v) is 6.66. The Morgan fingerprint density at radius 1 is 0.842 bits per heavy atom. The monoisotopic (exact) mass is 506 g/mol. The summed E-state index contributed by atoms with van der Waals surface area (Å²) in [5, 5.41) is 7.93. The Kier molecular flexibility index (Phi) is 7.35. The molecule has 0 atom stereocenters. The van der Waals surface area contributed by atoms with E-state index in [0.29, 0.717) is 30.0 Å². The standard InChI is InChI=1S/C31H30N4O3/c1-20-9-3-4-10-23(20)30(36)32-17-7-8-18-33-31(37)27-19-25-24-11-5-6-12-26(24)34-29(25)28(35-27)21-13-15-22(38-2)16-14-21/h3-6,9-16,19,34H,7-8,17-18H2,1-2H3,(H,32,36)(H,33,37). The maximum atomic E-state index is 13.1. The van der Waals surface area contributed by atoms with Crippen LogP contribution >= 0.6 is 0 Å². The SMILES string of the molecule is COc1ccc(-c2nc(C(=O)NCCCCNC(=O)c3ccccc3C)cc3c2[nH]c2ccccc23)cc1. The normalized spacial score (nSPS) is 11.0. The van der Waals surface area contributed by atoms with E-state index in [1.165, 1.54) is 0 Å². The lowest BCUT2D eigenvalue weighted by Crippen LogP contribution is -2.28. The molecule has 0 fully saturated rings. The average molecular weight is 507 g/mol. The largest absolute Gasteiger partial charge is 0.497 e. The van der Waals surface area contributed by atoms with Gasteiger partial charge in [0, 0.05) is 40.5 Å². The molecule has 5 aromatic rings. The Balaban J connectivity index is 1.27. The van der Waals surface area contributed by atoms with Gasteiger partial charge in [-0.25, -0.2) is 4.98 Å². The van der Waals surface area contributed by atoms with Gasteiger partial charge in [-0.15, -0.1) is 0 Å². The van der Waals surface area contributed by atoms with Crippen LogP contribution in [0.2, 0.25) is 0 Å². The molecule has 0 aliphatic carbocycles. The molecule has 2 heterocycles. The first-order valence-corrected chi connectivity index (χ1v) is 12.7. The van der Waals surface area contributed by atoms with Crippen molar-refractivity contribution in [1.82, 2.24) is 20.6 Å². The molecule has 0 saturated heterocycles. The highest BCUT2D eigenvalue weighted by Crippen LogP contribution is 2.33. The number of para-hydroxylation sites is 1. The summed E-state index contributed by atoms with van der Waals surface area (Å²) in [6.07, 6.45) is 1.49. The van der Waals surface area contributed by atoms with E-state index in [2.05, 4.69) is 15.6 Å². The molecular formula is C31H30N4O3. The number of fused-ring (bicyclic) bond motifs is 3. The fourth-order valence-corrected chi connectivity index (χ4v) is 4.59. The molecule has 0 aliphatic heterocycles. The minimum Gasteiger partial charge on any atom is -0.497 e. The number of carbonyl (C=O) groups is 2. The van der Waals surface area contributed by atoms with E-state index >= 15 is 0 Å². The van der Waals surface area contributed by atoms with Crippen LogP contribution in [0, 0.1) is 6.92 Å². The molecule has 0 spiro atoms. The van der Waals surface area contributed by atoms with E-state index in [1.54, 1.807) is 7.11 Å². The first kappa shape index (κ1) is 25.0. The van der Waals surface area contributed by atoms with Crippen molar-refractivity contribution in [2.45, 2.75) is 19.8 Å². The Hall–Kier alpha value is -4.65. The van der Waals surface area contributed by atoms with E-state index in [1.807, 2.05) is 85.8 Å². The highest BCUT2D eigenvalue weighted by molar-refractivity contribution is 6.13. The van der Waals surface area contributed by atoms with Crippen LogP contribution in [0.15, 0.2) is 78.9 Å². The fourth-order valence-electron chi connectivity index (χ4n) is 4.59. The van der Waals surface area contributed by atoms with Crippen molar-refractivity contribution in [3.05, 3.63) is 95.7 Å². The molecule has 0 aliphatic rings. The summed E-state index contributed by atoms with van der Waals surface area (Å²) in [5.41, 5.74) is 5.48. The number of nitrogens with one attached hydrogen (secondary N) is 3. The van der Waals surface area contributed by atoms with Crippen molar-refractivity contribution in [2.75, 3.05) is 20.2 Å². The van der Waals surface area contributed by atoms with Gasteiger partial charge < -0.3 is 20.4 Å². The number of aryl methyl sites for hydroxylation is 1. The van der Waals surface area contributed by atoms with Crippen LogP contribution in [-0.2, 0) is 0 Å². The third-order valence-electron chi connectivity index (χ3n) is 6.66. The van der Waals surface area contributed by atoms with Crippen LogP contribution in [0.25, 0.3) is 33.1 Å². The first-order chi connectivity index (χ1) is 18.5. The number of benzene rings is 3. The molecular weight excluding hydrogens is 476 g/mol. The number of amides is 2. The molecule has 192 valence electrons. The summed E-state index contributed by atoms with van der Waals surface area (Å²) in [6, 6.07) is 25.1. The zero-order valence-corrected chi connectivity index (χ0v) is 21.5. The average Bonchev–Trinajstić information content (AvgIpc) is 3.33. The number of hydrogen-bond donors (Lipinski definition) is 3. The second-order valence-corrected chi connectivity index (χ2v) is 9.21. The van der Waals surface area contributed by atoms with E-state index in [-0.39, 0.29) is 11.8 Å². The number of methoxy groups -OCH3 is 1. The number of H-pyrrole nitrogens is 1. The minimum atomic E-state index is -0.226. The molecule has 3 N–H and O–H groups in total. The van der Waals surface area contributed by atoms with Crippen LogP contribution in [-0.4, -0.2) is 42.0 Å². The minimum absolute atomic E-state index is 0.0746. The number of pyridine rings is 1. The van der Waals surface area contributed by atoms with Gasteiger partial charge in [-0.1, -0.05) is 36.4 Å². The van der Waals surface area contributed by atoms with Gasteiger partial charge in [-0.05, 0) is 67.8 Å². The lowest BCUT2D eigenvalue weighted by Gasteiger charge is -2.10. The van der Waals surface area contributed by atoms with Crippen molar-refractivity contribution in [1.29, 1.82) is 0 Å². The van der Waals surface area contributed by atoms with Crippen molar-refractivity contribution in [3.63, 3.8) is 0 Å². The quantitative estimate of drug-likeness (QED) is 0.226. The molecule has 0 radical (unpaired) electrons. The molecule has 3 aromatic carbocycles. The lowest BCUT2D eigenvalue weighted by atomic mass is 10.1. The van der Waals surface area contributed by atoms with Crippen LogP contribution in [0.5, 0.6) is 5.75 Å². The van der Waals surface area contributed by atoms with Gasteiger partial charge in [0.05, 0.1) is 18.3 Å². The number of ether oxygens (including phenoxy) is 1. The summed E-state index contributed by atoms with van der Waals surface area (Å²) in [4.78, 5) is 33.7. The number of aromatic nitrogens is 2. The predicted molar refractivity (Wildman–Crippen MR) is 151 cm³/mol. The molecule has 7 nitrogen and oxygen atoms in total. The van der Waals surface area contributed by atoms with Gasteiger partial charge in [0.1, 0.15) is 11.4 Å². The molecule has 38 heavy (non-hydrogen) atoms. The van der Waals surface area contributed by atoms with Gasteiger partial charge in [0.15, 0.2) is 0 Å². The van der Waals surface area contributed by atoms with Gasteiger partial charge in [0.2, 0.25) is 0 Å². The zero-order valence-electron chi connectivity index (χ0n) is 21.5. The molecule has 5 rings (SSSR count). The molecule has 2 amide bonds. The molecule has 7 heteroatoms. The number of rotatable bonds is 9. The van der Waals surface area contributed by atoms with E-state index in [9.17, 15) is 9.59 Å². The van der Waals surface area contributed by atoms with Crippen molar-refractivity contribution < 1.29 is 14.3 Å². The first-order valence-electron chi connectivity index (χ1n) is 12.7. The summed E-state index contributed by atoms with van der Waals surface area (Å²) < 4.78 is 5.30. The van der Waals surface area contributed by atoms with Crippen LogP contribution in [0.1, 0.15) is 39.3 Å². The third kappa shape index (κ3) is 5.22. The lowest BCUT2D eigenvalue weighted by molar-refractivity contribution is 0.0937. The van der Waals surface area contributed by atoms with Crippen molar-refractivity contribution in [3.8, 4) is 17.0 Å². The maximum absolute atomic E-state index is 13.1. The van der Waals surface area contributed by atoms with Gasteiger partial charge in [0.25, 0.3) is 11.8 Å². The highest BCUT2D eigenvalue weighted by atomic mass is 16.5. The zero-order chi connectivity index (χ0) is 26.5. The molecule has 0 bridgehead atoms. The maximum Gasteiger partial charge on any atom is 0.269 e. The van der Waals surface area contributed by atoms with E-state index < -0.39 is 0 Å². The van der Waals surface area contributed by atoms with Crippen LogP contribution in [0.4, 0.5) is 0 Å². The second-order valence-electron chi connectivity index (χ2n) is 9.21. The smallest absolute Gasteiger partial charge is 0.269 e. The molecule has 2 aromatic heterocycles.